The summed E-state index contributed by atoms with van der Waals surface area (Å²) in [6.45, 7) is 9.51. The minimum atomic E-state index is -0.907. The molecule has 0 spiro atoms. The highest BCUT2D eigenvalue weighted by atomic mass is 16.5. The SMILES string of the molecule is COC(=O)N[C@H](C(=O)N1C[C@@H](C)CC1c1nc2ccc3cc4c(cc3c2[nH]1)OCc1cc(-c2cnc([C@@H]3C[C@H](C)CN3C(=O)[C@H](NC(=O)OC)c3ccccc3)[nH]2)ccc1-4)C(C)C. The lowest BCUT2D eigenvalue weighted by atomic mass is 9.92. The molecular formula is C48H52N8O7. The van der Waals surface area contributed by atoms with Crippen molar-refractivity contribution in [2.75, 3.05) is 27.3 Å². The van der Waals surface area contributed by atoms with Gasteiger partial charge in [0, 0.05) is 24.0 Å². The first kappa shape index (κ1) is 41.5. The number of fused-ring (bicyclic) bond motifs is 6. The number of aromatic nitrogens is 4. The van der Waals surface area contributed by atoms with Gasteiger partial charge in [-0.15, -0.1) is 0 Å². The Hall–Kier alpha value is -6.90. The van der Waals surface area contributed by atoms with E-state index in [0.29, 0.717) is 36.9 Å². The summed E-state index contributed by atoms with van der Waals surface area (Å²) in [6.07, 6.45) is 1.96. The smallest absolute Gasteiger partial charge is 0.407 e. The largest absolute Gasteiger partial charge is 0.488 e. The van der Waals surface area contributed by atoms with E-state index < -0.39 is 24.3 Å². The molecule has 4 N–H and O–H groups in total. The number of carbonyl (C=O) groups is 4. The van der Waals surface area contributed by atoms with Crippen LogP contribution in [0.3, 0.4) is 0 Å². The fraction of sp³-hybridized carbons (Fsp3) is 0.375. The molecule has 63 heavy (non-hydrogen) atoms. The van der Waals surface area contributed by atoms with E-state index in [9.17, 15) is 19.2 Å². The van der Waals surface area contributed by atoms with Gasteiger partial charge in [-0.1, -0.05) is 76.2 Å². The highest BCUT2D eigenvalue weighted by Crippen LogP contribution is 2.44. The summed E-state index contributed by atoms with van der Waals surface area (Å²) in [5, 5.41) is 7.46. The van der Waals surface area contributed by atoms with Crippen LogP contribution in [-0.4, -0.2) is 87.1 Å². The molecule has 6 atom stereocenters. The summed E-state index contributed by atoms with van der Waals surface area (Å²) in [7, 11) is 2.58. The third kappa shape index (κ3) is 7.80. The van der Waals surface area contributed by atoms with Crippen molar-refractivity contribution in [3.63, 3.8) is 0 Å². The summed E-state index contributed by atoms with van der Waals surface area (Å²) in [5.41, 5.74) is 7.21. The maximum atomic E-state index is 14.2. The van der Waals surface area contributed by atoms with Gasteiger partial charge in [-0.05, 0) is 82.5 Å². The van der Waals surface area contributed by atoms with Crippen molar-refractivity contribution in [3.8, 4) is 28.1 Å². The fourth-order valence-corrected chi connectivity index (χ4v) is 9.54. The van der Waals surface area contributed by atoms with Crippen LogP contribution in [0, 0.1) is 17.8 Å². The number of ether oxygens (including phenoxy) is 3. The lowest BCUT2D eigenvalue weighted by Gasteiger charge is -2.30. The van der Waals surface area contributed by atoms with Crippen molar-refractivity contribution >= 4 is 45.8 Å². The molecule has 15 heteroatoms. The molecule has 9 rings (SSSR count). The molecule has 3 aliphatic heterocycles. The molecule has 2 fully saturated rings. The van der Waals surface area contributed by atoms with E-state index in [1.54, 1.807) is 4.90 Å². The fourth-order valence-electron chi connectivity index (χ4n) is 9.54. The van der Waals surface area contributed by atoms with Crippen molar-refractivity contribution in [3.05, 3.63) is 102 Å². The minimum Gasteiger partial charge on any atom is -0.488 e. The van der Waals surface area contributed by atoms with Crippen LogP contribution < -0.4 is 15.4 Å². The van der Waals surface area contributed by atoms with Crippen LogP contribution in [0.5, 0.6) is 5.75 Å². The zero-order valence-corrected chi connectivity index (χ0v) is 36.2. The number of amides is 4. The number of imidazole rings is 2. The van der Waals surface area contributed by atoms with Crippen LogP contribution in [0.1, 0.15) is 81.4 Å². The molecular weight excluding hydrogens is 801 g/mol. The van der Waals surface area contributed by atoms with Crippen LogP contribution >= 0.6 is 0 Å². The van der Waals surface area contributed by atoms with Gasteiger partial charge in [0.25, 0.3) is 5.91 Å². The number of carbonyl (C=O) groups excluding carboxylic acids is 4. The van der Waals surface area contributed by atoms with Crippen molar-refractivity contribution in [1.82, 2.24) is 40.4 Å². The van der Waals surface area contributed by atoms with E-state index in [1.165, 1.54) is 14.2 Å². The topological polar surface area (TPSA) is 184 Å². The van der Waals surface area contributed by atoms with Crippen LogP contribution in [0.4, 0.5) is 9.59 Å². The molecule has 326 valence electrons. The second-order valence-electron chi connectivity index (χ2n) is 17.5. The first-order chi connectivity index (χ1) is 30.4. The molecule has 4 amide bonds. The van der Waals surface area contributed by atoms with Crippen molar-refractivity contribution in [2.45, 2.75) is 71.3 Å². The molecule has 3 aliphatic rings. The summed E-state index contributed by atoms with van der Waals surface area (Å²) in [6, 6.07) is 21.6. The number of nitrogens with one attached hydrogen (secondary N) is 4. The monoisotopic (exact) mass is 852 g/mol. The summed E-state index contributed by atoms with van der Waals surface area (Å²) >= 11 is 0. The summed E-state index contributed by atoms with van der Waals surface area (Å²) < 4.78 is 16.1. The molecule has 0 saturated carbocycles. The predicted octanol–water partition coefficient (Wildman–Crippen LogP) is 7.96. The second-order valence-corrected chi connectivity index (χ2v) is 17.5. The Kier molecular flexibility index (Phi) is 11.0. The number of hydrogen-bond acceptors (Lipinski definition) is 9. The number of H-pyrrole nitrogens is 2. The van der Waals surface area contributed by atoms with E-state index in [1.807, 2.05) is 61.3 Å². The van der Waals surface area contributed by atoms with Gasteiger partial charge in [0.15, 0.2) is 0 Å². The van der Waals surface area contributed by atoms with E-state index in [4.69, 9.17) is 24.2 Å². The molecule has 0 bridgehead atoms. The Bertz CT molecular complexity index is 2730. The molecule has 2 aromatic heterocycles. The lowest BCUT2D eigenvalue weighted by molar-refractivity contribution is -0.136. The van der Waals surface area contributed by atoms with E-state index in [-0.39, 0.29) is 41.7 Å². The van der Waals surface area contributed by atoms with Gasteiger partial charge in [0.2, 0.25) is 5.91 Å². The second kappa shape index (κ2) is 16.8. The highest BCUT2D eigenvalue weighted by Gasteiger charge is 2.41. The number of nitrogens with zero attached hydrogens (tertiary/aromatic N) is 4. The Labute approximate surface area is 364 Å². The van der Waals surface area contributed by atoms with Crippen molar-refractivity contribution in [1.29, 1.82) is 0 Å². The van der Waals surface area contributed by atoms with E-state index in [2.05, 4.69) is 70.8 Å². The Morgan fingerprint density at radius 3 is 2.21 bits per heavy atom. The van der Waals surface area contributed by atoms with Gasteiger partial charge in [0.1, 0.15) is 36.1 Å². The normalized spacial score (nSPS) is 20.2. The average molecular weight is 853 g/mol. The maximum absolute atomic E-state index is 14.2. The van der Waals surface area contributed by atoms with Crippen molar-refractivity contribution < 1.29 is 33.4 Å². The minimum absolute atomic E-state index is 0.135. The summed E-state index contributed by atoms with van der Waals surface area (Å²) in [5.74, 6) is 2.13. The Balaban J connectivity index is 0.967. The first-order valence-electron chi connectivity index (χ1n) is 21.5. The standard InChI is InChI=1S/C48H52N8O7/c1-25(2)40(53-47(59)61-5)45(57)56-23-27(4)17-38(56)44-50-35-15-13-29-19-34-32-14-12-30(18-31(32)24-63-39(34)20-33(29)42(35)52-44)36-21-49-43(51-36)37-16-26(3)22-55(37)46(58)41(54-48(60)62-6)28-10-8-7-9-11-28/h7-15,18-21,25-27,37-38,40-41H,16-17,22-24H2,1-6H3,(H,49,51)(H,50,52)(H,53,59)(H,54,60)/t26-,27-,37-,38?,40-,41+/m0/s1. The first-order valence-corrected chi connectivity index (χ1v) is 21.5. The molecule has 2 saturated heterocycles. The Morgan fingerprint density at radius 1 is 0.794 bits per heavy atom. The van der Waals surface area contributed by atoms with Gasteiger partial charge < -0.3 is 44.6 Å². The van der Waals surface area contributed by atoms with Crippen molar-refractivity contribution in [2.24, 2.45) is 17.8 Å². The molecule has 1 unspecified atom stereocenters. The average Bonchev–Trinajstić information content (AvgIpc) is 4.12. The summed E-state index contributed by atoms with van der Waals surface area (Å²) in [4.78, 5) is 73.1. The number of rotatable bonds is 9. The highest BCUT2D eigenvalue weighted by molar-refractivity contribution is 6.07. The molecule has 5 heterocycles. The van der Waals surface area contributed by atoms with E-state index >= 15 is 0 Å². The molecule has 6 aromatic rings. The van der Waals surface area contributed by atoms with Crippen LogP contribution in [-0.2, 0) is 25.7 Å². The third-order valence-corrected chi connectivity index (χ3v) is 12.7. The maximum Gasteiger partial charge on any atom is 0.407 e. The molecule has 0 radical (unpaired) electrons. The zero-order valence-electron chi connectivity index (χ0n) is 36.2. The number of hydrogen-bond donors (Lipinski definition) is 4. The third-order valence-electron chi connectivity index (χ3n) is 12.7. The number of benzene rings is 4. The van der Waals surface area contributed by atoms with Gasteiger partial charge in [-0.3, -0.25) is 9.59 Å². The van der Waals surface area contributed by atoms with Gasteiger partial charge >= 0.3 is 12.2 Å². The molecule has 15 nitrogen and oxygen atoms in total. The van der Waals surface area contributed by atoms with Crippen LogP contribution in [0.2, 0.25) is 0 Å². The van der Waals surface area contributed by atoms with Gasteiger partial charge in [0.05, 0.1) is 49.2 Å². The molecule has 0 aliphatic carbocycles. The van der Waals surface area contributed by atoms with Gasteiger partial charge in [-0.25, -0.2) is 19.6 Å². The predicted molar refractivity (Wildman–Crippen MR) is 236 cm³/mol. The van der Waals surface area contributed by atoms with Crippen LogP contribution in [0.15, 0.2) is 79.0 Å². The number of aromatic amines is 2. The number of methoxy groups -OCH3 is 2. The quantitative estimate of drug-likeness (QED) is 0.112. The van der Waals surface area contributed by atoms with Gasteiger partial charge in [-0.2, -0.15) is 0 Å². The number of alkyl carbamates (subject to hydrolysis) is 2. The molecule has 4 aromatic carbocycles. The zero-order chi connectivity index (χ0) is 44.1. The van der Waals surface area contributed by atoms with E-state index in [0.717, 1.165) is 68.3 Å². The lowest BCUT2D eigenvalue weighted by Crippen LogP contribution is -2.51. The Morgan fingerprint density at radius 2 is 1.49 bits per heavy atom. The van der Waals surface area contributed by atoms with Crippen LogP contribution in [0.25, 0.3) is 44.2 Å². The number of likely N-dealkylation sites (tertiary alicyclic amines) is 2.